The maximum atomic E-state index is 11.2. The highest BCUT2D eigenvalue weighted by Gasteiger charge is 2.15. The minimum Gasteiger partial charge on any atom is -0.289 e. The molecule has 0 bridgehead atoms. The molecule has 0 heterocycles. The van der Waals surface area contributed by atoms with Crippen molar-refractivity contribution in [2.24, 2.45) is 0 Å². The van der Waals surface area contributed by atoms with Crippen LogP contribution in [0, 0.1) is 0 Å². The molecule has 1 nitrogen and oxygen atoms in total. The van der Waals surface area contributed by atoms with Crippen LogP contribution in [-0.2, 0) is 0 Å². The maximum Gasteiger partial charge on any atom is 0.187 e. The van der Waals surface area contributed by atoms with Gasteiger partial charge >= 0.3 is 0 Å². The van der Waals surface area contributed by atoms with Crippen molar-refractivity contribution in [3.8, 4) is 0 Å². The van der Waals surface area contributed by atoms with Gasteiger partial charge in [-0.25, -0.2) is 0 Å². The van der Waals surface area contributed by atoms with Gasteiger partial charge in [0.2, 0.25) is 0 Å². The first-order chi connectivity index (χ1) is 5.29. The van der Waals surface area contributed by atoms with Crippen LogP contribution < -0.4 is 0 Å². The van der Waals surface area contributed by atoms with E-state index in [2.05, 4.69) is 15.9 Å². The molecule has 0 aliphatic heterocycles. The highest BCUT2D eigenvalue weighted by Crippen LogP contribution is 2.26. The van der Waals surface area contributed by atoms with Crippen LogP contribution >= 0.6 is 15.9 Å². The van der Waals surface area contributed by atoms with Crippen molar-refractivity contribution in [1.82, 2.24) is 0 Å². The van der Waals surface area contributed by atoms with E-state index in [-0.39, 0.29) is 5.78 Å². The molecule has 1 aromatic rings. The second-order valence-corrected chi connectivity index (χ2v) is 3.26. The van der Waals surface area contributed by atoms with Gasteiger partial charge < -0.3 is 0 Å². The molecular weight excluding hydrogens is 204 g/mol. The molecule has 0 unspecified atom stereocenters. The summed E-state index contributed by atoms with van der Waals surface area (Å²) in [5, 5.41) is 0. The fourth-order valence-corrected chi connectivity index (χ4v) is 1.77. The molecule has 11 heavy (non-hydrogen) atoms. The summed E-state index contributed by atoms with van der Waals surface area (Å²) in [6.45, 7) is 0. The molecule has 0 saturated heterocycles. The monoisotopic (exact) mass is 208 g/mol. The molecule has 1 aromatic carbocycles. The van der Waals surface area contributed by atoms with Crippen LogP contribution in [0.2, 0.25) is 0 Å². The smallest absolute Gasteiger partial charge is 0.187 e. The lowest BCUT2D eigenvalue weighted by molar-refractivity contribution is 0.104. The first-order valence-corrected chi connectivity index (χ1v) is 4.09. The maximum absolute atomic E-state index is 11.2. The molecule has 0 atom stereocenters. The second kappa shape index (κ2) is 2.31. The number of fused-ring (bicyclic) bond motifs is 1. The van der Waals surface area contributed by atoms with Crippen molar-refractivity contribution < 1.29 is 4.79 Å². The molecule has 0 spiro atoms. The Labute approximate surface area is 72.9 Å². The normalized spacial score (nSPS) is 13.7. The Morgan fingerprint density at radius 3 is 2.73 bits per heavy atom. The average Bonchev–Trinajstić information content (AvgIpc) is 2.34. The highest BCUT2D eigenvalue weighted by molar-refractivity contribution is 9.10. The molecule has 0 fully saturated rings. The van der Waals surface area contributed by atoms with E-state index in [9.17, 15) is 4.79 Å². The summed E-state index contributed by atoms with van der Waals surface area (Å²) < 4.78 is 0.880. The zero-order chi connectivity index (χ0) is 7.84. The van der Waals surface area contributed by atoms with E-state index in [1.165, 1.54) is 0 Å². The molecule has 1 aliphatic rings. The predicted molar refractivity (Wildman–Crippen MR) is 47.5 cm³/mol. The zero-order valence-corrected chi connectivity index (χ0v) is 7.26. The van der Waals surface area contributed by atoms with Crippen molar-refractivity contribution in [2.75, 3.05) is 0 Å². The Kier molecular flexibility index (Phi) is 1.43. The van der Waals surface area contributed by atoms with Crippen LogP contribution in [0.5, 0.6) is 0 Å². The van der Waals surface area contributed by atoms with Gasteiger partial charge in [-0.3, -0.25) is 4.79 Å². The van der Waals surface area contributed by atoms with E-state index >= 15 is 0 Å². The van der Waals surface area contributed by atoms with Gasteiger partial charge in [-0.05, 0) is 17.7 Å². The Morgan fingerprint density at radius 1 is 1.18 bits per heavy atom. The molecule has 0 aromatic heterocycles. The number of benzene rings is 1. The number of hydrogen-bond acceptors (Lipinski definition) is 1. The van der Waals surface area contributed by atoms with E-state index in [0.29, 0.717) is 0 Å². The van der Waals surface area contributed by atoms with Crippen molar-refractivity contribution in [2.45, 2.75) is 0 Å². The summed E-state index contributed by atoms with van der Waals surface area (Å²) >= 11 is 3.33. The lowest BCUT2D eigenvalue weighted by Crippen LogP contribution is -1.92. The number of carbonyl (C=O) groups excluding carboxylic acids is 1. The largest absolute Gasteiger partial charge is 0.289 e. The molecule has 0 radical (unpaired) electrons. The summed E-state index contributed by atoms with van der Waals surface area (Å²) in [6.07, 6.45) is 3.43. The van der Waals surface area contributed by atoms with E-state index in [0.717, 1.165) is 15.6 Å². The number of allylic oxidation sites excluding steroid dienone is 1. The van der Waals surface area contributed by atoms with Crippen LogP contribution in [0.25, 0.3) is 6.08 Å². The van der Waals surface area contributed by atoms with E-state index < -0.39 is 0 Å². The molecule has 1 aliphatic carbocycles. The Morgan fingerprint density at radius 2 is 2.00 bits per heavy atom. The lowest BCUT2D eigenvalue weighted by Gasteiger charge is -1.98. The standard InChI is InChI=1S/C9H5BrO/c10-7-3-1-2-6-4-5-8(11)9(6)7/h1-5H. The van der Waals surface area contributed by atoms with Crippen LogP contribution in [0.4, 0.5) is 0 Å². The van der Waals surface area contributed by atoms with Gasteiger partial charge in [0.1, 0.15) is 0 Å². The van der Waals surface area contributed by atoms with Crippen molar-refractivity contribution >= 4 is 27.8 Å². The van der Waals surface area contributed by atoms with Crippen molar-refractivity contribution in [1.29, 1.82) is 0 Å². The summed E-state index contributed by atoms with van der Waals surface area (Å²) in [6, 6.07) is 5.73. The molecule has 2 rings (SSSR count). The lowest BCUT2D eigenvalue weighted by atomic mass is 10.1. The van der Waals surface area contributed by atoms with Crippen LogP contribution in [-0.4, -0.2) is 5.78 Å². The van der Waals surface area contributed by atoms with Crippen LogP contribution in [0.15, 0.2) is 28.7 Å². The minimum absolute atomic E-state index is 0.0903. The van der Waals surface area contributed by atoms with Gasteiger partial charge in [0.05, 0.1) is 0 Å². The number of rotatable bonds is 0. The third kappa shape index (κ3) is 0.942. The highest BCUT2D eigenvalue weighted by atomic mass is 79.9. The number of hydrogen-bond donors (Lipinski definition) is 0. The summed E-state index contributed by atoms with van der Waals surface area (Å²) in [7, 11) is 0. The Hall–Kier alpha value is -0.890. The van der Waals surface area contributed by atoms with Gasteiger partial charge in [0, 0.05) is 10.0 Å². The fourth-order valence-electron chi connectivity index (χ4n) is 1.19. The van der Waals surface area contributed by atoms with Crippen molar-refractivity contribution in [3.05, 3.63) is 39.9 Å². The number of ketones is 1. The van der Waals surface area contributed by atoms with Crippen molar-refractivity contribution in [3.63, 3.8) is 0 Å². The van der Waals surface area contributed by atoms with E-state index in [1.807, 2.05) is 24.3 Å². The summed E-state index contributed by atoms with van der Waals surface area (Å²) in [5.41, 5.74) is 1.79. The molecular formula is C9H5BrO. The summed E-state index contributed by atoms with van der Waals surface area (Å²) in [4.78, 5) is 11.2. The molecule has 54 valence electrons. The first kappa shape index (κ1) is 6.80. The predicted octanol–water partition coefficient (Wildman–Crippen LogP) is 2.66. The second-order valence-electron chi connectivity index (χ2n) is 2.40. The van der Waals surface area contributed by atoms with E-state index in [4.69, 9.17) is 0 Å². The topological polar surface area (TPSA) is 17.1 Å². The SMILES string of the molecule is O=C1C=Cc2cccc(Br)c21. The van der Waals surface area contributed by atoms with Gasteiger partial charge in [-0.2, -0.15) is 0 Å². The fraction of sp³-hybridized carbons (Fsp3) is 0. The van der Waals surface area contributed by atoms with Crippen LogP contribution in [0.3, 0.4) is 0 Å². The zero-order valence-electron chi connectivity index (χ0n) is 5.67. The third-order valence-corrected chi connectivity index (χ3v) is 2.37. The molecule has 0 N–H and O–H groups in total. The summed E-state index contributed by atoms with van der Waals surface area (Å²) in [5.74, 6) is 0.0903. The number of halogens is 1. The Balaban J connectivity index is 2.74. The van der Waals surface area contributed by atoms with Gasteiger partial charge in [0.15, 0.2) is 5.78 Å². The minimum atomic E-state index is 0.0903. The molecule has 0 amide bonds. The Bertz CT molecular complexity index is 353. The van der Waals surface area contributed by atoms with Gasteiger partial charge in [-0.1, -0.05) is 34.1 Å². The third-order valence-electron chi connectivity index (χ3n) is 1.71. The average molecular weight is 209 g/mol. The number of carbonyl (C=O) groups is 1. The first-order valence-electron chi connectivity index (χ1n) is 3.30. The van der Waals surface area contributed by atoms with Gasteiger partial charge in [0.25, 0.3) is 0 Å². The van der Waals surface area contributed by atoms with Gasteiger partial charge in [-0.15, -0.1) is 0 Å². The molecule has 0 saturated carbocycles. The molecule has 2 heteroatoms. The van der Waals surface area contributed by atoms with Crippen LogP contribution in [0.1, 0.15) is 15.9 Å². The van der Waals surface area contributed by atoms with E-state index in [1.54, 1.807) is 6.08 Å². The quantitative estimate of drug-likeness (QED) is 0.641.